The van der Waals surface area contributed by atoms with Gasteiger partial charge >= 0.3 is 0 Å². The predicted octanol–water partition coefficient (Wildman–Crippen LogP) is 15.8. The normalized spacial score (nSPS) is 11.2. The summed E-state index contributed by atoms with van der Waals surface area (Å²) in [5.74, 6) is 0.620. The maximum Gasteiger partial charge on any atom is 0.164 e. The van der Waals surface area contributed by atoms with Crippen LogP contribution in [0.25, 0.3) is 89.2 Å². The molecule has 0 N–H and O–H groups in total. The second-order valence-electron chi connectivity index (χ2n) is 15.4. The lowest BCUT2D eigenvalue weighted by Crippen LogP contribution is -2.09. The molecule has 0 atom stereocenters. The molecule has 0 bridgehead atoms. The number of nitrogens with zero attached hydrogens (tertiary/aromatic N) is 3. The third-order valence-corrected chi connectivity index (χ3v) is 11.5. The van der Waals surface area contributed by atoms with Crippen LogP contribution in [0.2, 0.25) is 0 Å². The van der Waals surface area contributed by atoms with Crippen molar-refractivity contribution in [2.75, 3.05) is 4.90 Å². The minimum absolute atomic E-state index is 0.620. The summed E-state index contributed by atoms with van der Waals surface area (Å²) in [6, 6.07) is 82.7. The van der Waals surface area contributed by atoms with Crippen molar-refractivity contribution in [3.05, 3.63) is 237 Å². The molecule has 0 aliphatic rings. The Kier molecular flexibility index (Phi) is 9.49. The first-order valence-electron chi connectivity index (χ1n) is 20.9. The maximum atomic E-state index is 6.94. The standard InChI is InChI=1S/C58H39N3O/c1-5-15-40(16-6-1)42-27-33-47(34-28-42)61(48-35-29-43(30-36-48)41-17-7-2-8-18-41)49-37-31-44(32-38-49)50-23-13-24-51-52-25-14-26-53(57(52)62-56(50)51)58-59-54(45-19-9-3-10-20-45)39-55(60-58)46-21-11-4-12-22-46/h1-39H. The number of aromatic nitrogens is 2. The summed E-state index contributed by atoms with van der Waals surface area (Å²) in [5, 5.41) is 2.07. The number of hydrogen-bond acceptors (Lipinski definition) is 4. The fraction of sp³-hybridized carbons (Fsp3) is 0. The number of benzene rings is 9. The average Bonchev–Trinajstić information content (AvgIpc) is 3.75. The van der Waals surface area contributed by atoms with E-state index < -0.39 is 0 Å². The van der Waals surface area contributed by atoms with Crippen LogP contribution in [0.3, 0.4) is 0 Å². The molecule has 0 spiro atoms. The molecule has 9 aromatic carbocycles. The van der Waals surface area contributed by atoms with Crippen LogP contribution in [0.5, 0.6) is 0 Å². The molecule has 292 valence electrons. The summed E-state index contributed by atoms with van der Waals surface area (Å²) < 4.78 is 6.94. The minimum atomic E-state index is 0.620. The van der Waals surface area contributed by atoms with Crippen LogP contribution < -0.4 is 4.90 Å². The van der Waals surface area contributed by atoms with Gasteiger partial charge in [0.2, 0.25) is 0 Å². The monoisotopic (exact) mass is 793 g/mol. The second-order valence-corrected chi connectivity index (χ2v) is 15.4. The fourth-order valence-electron chi connectivity index (χ4n) is 8.41. The van der Waals surface area contributed by atoms with Crippen molar-refractivity contribution in [1.82, 2.24) is 9.97 Å². The smallest absolute Gasteiger partial charge is 0.164 e. The first kappa shape index (κ1) is 36.7. The topological polar surface area (TPSA) is 42.2 Å². The van der Waals surface area contributed by atoms with Gasteiger partial charge in [0.1, 0.15) is 11.2 Å². The van der Waals surface area contributed by atoms with Gasteiger partial charge in [0.05, 0.1) is 17.0 Å². The number of furan rings is 1. The number of hydrogen-bond donors (Lipinski definition) is 0. The molecular formula is C58H39N3O. The molecule has 62 heavy (non-hydrogen) atoms. The highest BCUT2D eigenvalue weighted by atomic mass is 16.3. The van der Waals surface area contributed by atoms with E-state index in [1.165, 1.54) is 22.3 Å². The van der Waals surface area contributed by atoms with E-state index in [0.717, 1.165) is 78.2 Å². The molecule has 11 rings (SSSR count). The highest BCUT2D eigenvalue weighted by Crippen LogP contribution is 2.42. The lowest BCUT2D eigenvalue weighted by atomic mass is 10.0. The lowest BCUT2D eigenvalue weighted by molar-refractivity contribution is 0.670. The van der Waals surface area contributed by atoms with E-state index in [-0.39, 0.29) is 0 Å². The average molecular weight is 794 g/mol. The first-order valence-corrected chi connectivity index (χ1v) is 20.9. The van der Waals surface area contributed by atoms with Crippen molar-refractivity contribution in [2.45, 2.75) is 0 Å². The van der Waals surface area contributed by atoms with Crippen LogP contribution in [-0.4, -0.2) is 9.97 Å². The van der Waals surface area contributed by atoms with Crippen molar-refractivity contribution in [3.63, 3.8) is 0 Å². The van der Waals surface area contributed by atoms with Gasteiger partial charge in [-0.3, -0.25) is 0 Å². The van der Waals surface area contributed by atoms with Crippen LogP contribution in [-0.2, 0) is 0 Å². The summed E-state index contributed by atoms with van der Waals surface area (Å²) in [6.45, 7) is 0. The van der Waals surface area contributed by atoms with Gasteiger partial charge in [-0.1, -0.05) is 188 Å². The lowest BCUT2D eigenvalue weighted by Gasteiger charge is -2.26. The van der Waals surface area contributed by atoms with E-state index in [1.54, 1.807) is 0 Å². The zero-order valence-corrected chi connectivity index (χ0v) is 33.8. The quantitative estimate of drug-likeness (QED) is 0.146. The van der Waals surface area contributed by atoms with Crippen molar-refractivity contribution < 1.29 is 4.42 Å². The first-order chi connectivity index (χ1) is 30.7. The molecule has 0 unspecified atom stereocenters. The summed E-state index contributed by atoms with van der Waals surface area (Å²) in [4.78, 5) is 12.6. The van der Waals surface area contributed by atoms with Crippen LogP contribution in [0.1, 0.15) is 0 Å². The minimum Gasteiger partial charge on any atom is -0.455 e. The molecule has 2 heterocycles. The van der Waals surface area contributed by atoms with Gasteiger partial charge in [0.25, 0.3) is 0 Å². The molecule has 0 fully saturated rings. The Morgan fingerprint density at radius 1 is 0.290 bits per heavy atom. The Morgan fingerprint density at radius 2 is 0.645 bits per heavy atom. The zero-order valence-electron chi connectivity index (χ0n) is 33.8. The van der Waals surface area contributed by atoms with Gasteiger partial charge in [0.15, 0.2) is 5.82 Å². The summed E-state index contributed by atoms with van der Waals surface area (Å²) in [5.41, 5.74) is 16.2. The third kappa shape index (κ3) is 7.00. The maximum absolute atomic E-state index is 6.94. The third-order valence-electron chi connectivity index (χ3n) is 11.5. The van der Waals surface area contributed by atoms with Crippen LogP contribution in [0.15, 0.2) is 241 Å². The Labute approximate surface area is 360 Å². The van der Waals surface area contributed by atoms with E-state index in [4.69, 9.17) is 14.4 Å². The molecule has 0 radical (unpaired) electrons. The predicted molar refractivity (Wildman–Crippen MR) is 257 cm³/mol. The Morgan fingerprint density at radius 3 is 1.08 bits per heavy atom. The Hall–Kier alpha value is -8.34. The summed E-state index contributed by atoms with van der Waals surface area (Å²) in [6.07, 6.45) is 0. The number of para-hydroxylation sites is 2. The highest BCUT2D eigenvalue weighted by molar-refractivity contribution is 6.12. The molecule has 4 heteroatoms. The molecular weight excluding hydrogens is 755 g/mol. The van der Waals surface area contributed by atoms with Crippen molar-refractivity contribution in [1.29, 1.82) is 0 Å². The largest absolute Gasteiger partial charge is 0.455 e. The van der Waals surface area contributed by atoms with E-state index in [2.05, 4.69) is 205 Å². The summed E-state index contributed by atoms with van der Waals surface area (Å²) in [7, 11) is 0. The van der Waals surface area contributed by atoms with E-state index in [0.29, 0.717) is 5.82 Å². The highest BCUT2D eigenvalue weighted by Gasteiger charge is 2.20. The van der Waals surface area contributed by atoms with E-state index in [1.807, 2.05) is 36.4 Å². The molecule has 4 nitrogen and oxygen atoms in total. The number of rotatable bonds is 9. The van der Waals surface area contributed by atoms with Crippen LogP contribution in [0, 0.1) is 0 Å². The van der Waals surface area contributed by atoms with E-state index in [9.17, 15) is 0 Å². The van der Waals surface area contributed by atoms with Gasteiger partial charge in [-0.15, -0.1) is 0 Å². The second kappa shape index (κ2) is 16.0. The zero-order chi connectivity index (χ0) is 41.2. The Bertz CT molecular complexity index is 3150. The molecule has 0 saturated heterocycles. The molecule has 0 amide bonds. The molecule has 0 aliphatic carbocycles. The van der Waals surface area contributed by atoms with Crippen LogP contribution in [0.4, 0.5) is 17.1 Å². The van der Waals surface area contributed by atoms with Gasteiger partial charge in [0, 0.05) is 44.5 Å². The molecule has 0 saturated carbocycles. The van der Waals surface area contributed by atoms with Crippen molar-refractivity contribution in [2.24, 2.45) is 0 Å². The van der Waals surface area contributed by atoms with Gasteiger partial charge in [-0.2, -0.15) is 0 Å². The fourth-order valence-corrected chi connectivity index (χ4v) is 8.41. The molecule has 11 aromatic rings. The molecule has 2 aromatic heterocycles. The summed E-state index contributed by atoms with van der Waals surface area (Å²) >= 11 is 0. The van der Waals surface area contributed by atoms with E-state index >= 15 is 0 Å². The van der Waals surface area contributed by atoms with Crippen LogP contribution >= 0.6 is 0 Å². The van der Waals surface area contributed by atoms with Crippen molar-refractivity contribution in [3.8, 4) is 67.3 Å². The van der Waals surface area contributed by atoms with Crippen molar-refractivity contribution >= 4 is 39.0 Å². The number of anilines is 3. The van der Waals surface area contributed by atoms with Gasteiger partial charge in [-0.25, -0.2) is 9.97 Å². The SMILES string of the molecule is c1ccc(-c2ccc(N(c3ccc(-c4ccccc4)cc3)c3ccc(-c4cccc5c4oc4c(-c6nc(-c7ccccc7)cc(-c7ccccc7)n6)cccc45)cc3)cc2)cc1. The Balaban J connectivity index is 0.989. The van der Waals surface area contributed by atoms with Gasteiger partial charge < -0.3 is 9.32 Å². The van der Waals surface area contributed by atoms with Gasteiger partial charge in [-0.05, 0) is 76.3 Å². The molecule has 0 aliphatic heterocycles. The number of fused-ring (bicyclic) bond motifs is 3.